The van der Waals surface area contributed by atoms with Crippen molar-refractivity contribution in [3.63, 3.8) is 0 Å². The summed E-state index contributed by atoms with van der Waals surface area (Å²) in [4.78, 5) is 21.6. The summed E-state index contributed by atoms with van der Waals surface area (Å²) >= 11 is 6.06. The number of rotatable bonds is 6. The van der Waals surface area contributed by atoms with Crippen LogP contribution in [0, 0.1) is 0 Å². The summed E-state index contributed by atoms with van der Waals surface area (Å²) in [5.41, 5.74) is 3.76. The molecule has 2 aromatic carbocycles. The molecule has 2 N–H and O–H groups in total. The number of hydrogen-bond donors (Lipinski definition) is 2. The van der Waals surface area contributed by atoms with Gasteiger partial charge in [0.1, 0.15) is 11.5 Å². The monoisotopic (exact) mass is 447 g/mol. The molecular formula is C24H22ClN5O2. The smallest absolute Gasteiger partial charge is 0.251 e. The Morgan fingerprint density at radius 2 is 2.09 bits per heavy atom. The fourth-order valence-corrected chi connectivity index (χ4v) is 3.95. The topological polar surface area (TPSA) is 80.5 Å². The zero-order valence-electron chi connectivity index (χ0n) is 17.3. The van der Waals surface area contributed by atoms with E-state index in [1.54, 1.807) is 18.5 Å². The van der Waals surface area contributed by atoms with Gasteiger partial charge in [0.25, 0.3) is 5.91 Å². The van der Waals surface area contributed by atoms with Crippen molar-refractivity contribution in [3.05, 3.63) is 77.7 Å². The Kier molecular flexibility index (Phi) is 5.75. The molecule has 1 aliphatic heterocycles. The van der Waals surface area contributed by atoms with Crippen LogP contribution >= 0.6 is 11.6 Å². The Morgan fingerprint density at radius 3 is 2.91 bits per heavy atom. The predicted molar refractivity (Wildman–Crippen MR) is 124 cm³/mol. The van der Waals surface area contributed by atoms with Crippen LogP contribution in [0.3, 0.4) is 0 Å². The molecule has 1 aliphatic rings. The van der Waals surface area contributed by atoms with Crippen molar-refractivity contribution in [2.45, 2.75) is 18.9 Å². The van der Waals surface area contributed by atoms with Crippen LogP contribution in [-0.2, 0) is 4.74 Å². The summed E-state index contributed by atoms with van der Waals surface area (Å²) < 4.78 is 7.52. The van der Waals surface area contributed by atoms with Gasteiger partial charge in [0.05, 0.1) is 12.3 Å². The van der Waals surface area contributed by atoms with Gasteiger partial charge in [-0.2, -0.15) is 0 Å². The van der Waals surface area contributed by atoms with Crippen molar-refractivity contribution >= 4 is 34.7 Å². The molecule has 1 fully saturated rings. The van der Waals surface area contributed by atoms with Gasteiger partial charge in [0.15, 0.2) is 5.65 Å². The third kappa shape index (κ3) is 4.30. The molecule has 5 rings (SSSR count). The molecule has 0 aliphatic carbocycles. The van der Waals surface area contributed by atoms with E-state index in [0.717, 1.165) is 42.2 Å². The largest absolute Gasteiger partial charge is 0.376 e. The molecule has 0 saturated carbocycles. The molecule has 0 bridgehead atoms. The lowest BCUT2D eigenvalue weighted by Gasteiger charge is -2.12. The first-order chi connectivity index (χ1) is 15.7. The Balaban J connectivity index is 1.43. The van der Waals surface area contributed by atoms with E-state index in [9.17, 15) is 4.79 Å². The van der Waals surface area contributed by atoms with Crippen LogP contribution in [0.25, 0.3) is 16.9 Å². The molecule has 3 heterocycles. The Morgan fingerprint density at radius 1 is 1.22 bits per heavy atom. The number of carbonyl (C=O) groups excluding carboxylic acids is 1. The van der Waals surface area contributed by atoms with E-state index in [2.05, 4.69) is 15.6 Å². The number of nitrogens with zero attached hydrogens (tertiary/aromatic N) is 3. The SMILES string of the molecule is O=C(NC[C@@H]1CCCO1)c1cccc(Nc2c(-c3ccc(Cl)cc3)nc3cnccn23)c1. The first-order valence-corrected chi connectivity index (χ1v) is 10.9. The maximum absolute atomic E-state index is 12.7. The van der Waals surface area contributed by atoms with Gasteiger partial charge in [-0.15, -0.1) is 0 Å². The highest BCUT2D eigenvalue weighted by Gasteiger charge is 2.18. The van der Waals surface area contributed by atoms with Gasteiger partial charge in [-0.1, -0.05) is 29.8 Å². The molecule has 0 radical (unpaired) electrons. The predicted octanol–water partition coefficient (Wildman–Crippen LogP) is 4.70. The van der Waals surface area contributed by atoms with Gasteiger partial charge in [0.2, 0.25) is 0 Å². The van der Waals surface area contributed by atoms with Crippen molar-refractivity contribution < 1.29 is 9.53 Å². The molecule has 2 aromatic heterocycles. The zero-order valence-corrected chi connectivity index (χ0v) is 18.0. The highest BCUT2D eigenvalue weighted by molar-refractivity contribution is 6.30. The van der Waals surface area contributed by atoms with Gasteiger partial charge in [0, 0.05) is 47.4 Å². The fraction of sp³-hybridized carbons (Fsp3) is 0.208. The molecular weight excluding hydrogens is 426 g/mol. The van der Waals surface area contributed by atoms with Gasteiger partial charge in [-0.25, -0.2) is 4.98 Å². The van der Waals surface area contributed by atoms with E-state index in [4.69, 9.17) is 21.3 Å². The van der Waals surface area contributed by atoms with Gasteiger partial charge >= 0.3 is 0 Å². The van der Waals surface area contributed by atoms with E-state index in [1.807, 2.05) is 53.1 Å². The first-order valence-electron chi connectivity index (χ1n) is 10.5. The number of carbonyl (C=O) groups is 1. The number of ether oxygens (including phenoxy) is 1. The third-order valence-electron chi connectivity index (χ3n) is 5.45. The van der Waals surface area contributed by atoms with E-state index < -0.39 is 0 Å². The average molecular weight is 448 g/mol. The first kappa shape index (κ1) is 20.5. The number of anilines is 2. The maximum atomic E-state index is 12.7. The number of hydrogen-bond acceptors (Lipinski definition) is 5. The van der Waals surface area contributed by atoms with Gasteiger partial charge in [-0.3, -0.25) is 14.2 Å². The molecule has 162 valence electrons. The molecule has 1 atom stereocenters. The van der Waals surface area contributed by atoms with Gasteiger partial charge < -0.3 is 15.4 Å². The van der Waals surface area contributed by atoms with Crippen LogP contribution in [0.5, 0.6) is 0 Å². The summed E-state index contributed by atoms with van der Waals surface area (Å²) in [6, 6.07) is 14.9. The van der Waals surface area contributed by atoms with Crippen molar-refractivity contribution in [3.8, 4) is 11.3 Å². The summed E-state index contributed by atoms with van der Waals surface area (Å²) in [6.07, 6.45) is 7.40. The second-order valence-corrected chi connectivity index (χ2v) is 8.11. The van der Waals surface area contributed by atoms with Crippen molar-refractivity contribution in [2.24, 2.45) is 0 Å². The minimum atomic E-state index is -0.121. The van der Waals surface area contributed by atoms with Crippen LogP contribution in [0.1, 0.15) is 23.2 Å². The summed E-state index contributed by atoms with van der Waals surface area (Å²) in [5.74, 6) is 0.658. The van der Waals surface area contributed by atoms with E-state index in [0.29, 0.717) is 22.8 Å². The number of aromatic nitrogens is 3. The van der Waals surface area contributed by atoms with Crippen molar-refractivity contribution in [1.29, 1.82) is 0 Å². The fourth-order valence-electron chi connectivity index (χ4n) is 3.82. The molecule has 0 unspecified atom stereocenters. The van der Waals surface area contributed by atoms with E-state index in [-0.39, 0.29) is 12.0 Å². The standard InChI is InChI=1S/C24H22ClN5O2/c25-18-8-6-16(7-9-18)22-23(30-11-10-26-15-21(30)29-22)28-19-4-1-3-17(13-19)24(31)27-14-20-5-2-12-32-20/h1,3-4,6-11,13,15,20,28H,2,5,12,14H2,(H,27,31)/t20-/m0/s1. The van der Waals surface area contributed by atoms with Crippen LogP contribution < -0.4 is 10.6 Å². The van der Waals surface area contributed by atoms with Crippen LogP contribution in [0.4, 0.5) is 11.5 Å². The second kappa shape index (κ2) is 8.98. The Hall–Kier alpha value is -3.42. The number of benzene rings is 2. The van der Waals surface area contributed by atoms with Crippen LogP contribution in [-0.4, -0.2) is 39.5 Å². The second-order valence-electron chi connectivity index (χ2n) is 7.67. The highest BCUT2D eigenvalue weighted by Crippen LogP contribution is 2.31. The minimum Gasteiger partial charge on any atom is -0.376 e. The summed E-state index contributed by atoms with van der Waals surface area (Å²) in [5, 5.41) is 7.07. The quantitative estimate of drug-likeness (QED) is 0.447. The molecule has 7 nitrogen and oxygen atoms in total. The maximum Gasteiger partial charge on any atom is 0.251 e. The van der Waals surface area contributed by atoms with Crippen molar-refractivity contribution in [2.75, 3.05) is 18.5 Å². The molecule has 1 amide bonds. The zero-order chi connectivity index (χ0) is 21.9. The van der Waals surface area contributed by atoms with Gasteiger partial charge in [-0.05, 0) is 43.2 Å². The molecule has 4 aromatic rings. The normalized spacial score (nSPS) is 15.7. The van der Waals surface area contributed by atoms with Crippen LogP contribution in [0.15, 0.2) is 67.1 Å². The molecule has 32 heavy (non-hydrogen) atoms. The van der Waals surface area contributed by atoms with Crippen molar-refractivity contribution in [1.82, 2.24) is 19.7 Å². The van der Waals surface area contributed by atoms with E-state index >= 15 is 0 Å². The molecule has 8 heteroatoms. The lowest BCUT2D eigenvalue weighted by atomic mass is 10.1. The summed E-state index contributed by atoms with van der Waals surface area (Å²) in [6.45, 7) is 1.29. The van der Waals surface area contributed by atoms with E-state index in [1.165, 1.54) is 0 Å². The molecule has 1 saturated heterocycles. The molecule has 0 spiro atoms. The minimum absolute atomic E-state index is 0.106. The number of fused-ring (bicyclic) bond motifs is 1. The summed E-state index contributed by atoms with van der Waals surface area (Å²) in [7, 11) is 0. The van der Waals surface area contributed by atoms with Crippen LogP contribution in [0.2, 0.25) is 5.02 Å². The third-order valence-corrected chi connectivity index (χ3v) is 5.70. The lowest BCUT2D eigenvalue weighted by molar-refractivity contribution is 0.0858. The number of nitrogens with one attached hydrogen (secondary N) is 2. The Labute approximate surface area is 190 Å². The highest BCUT2D eigenvalue weighted by atomic mass is 35.5. The number of amides is 1. The average Bonchev–Trinajstić information content (AvgIpc) is 3.47. The number of imidazole rings is 1. The lowest BCUT2D eigenvalue weighted by Crippen LogP contribution is -2.31. The number of halogens is 1. The Bertz CT molecular complexity index is 1250.